The summed E-state index contributed by atoms with van der Waals surface area (Å²) in [5, 5.41) is 5.87. The van der Waals surface area contributed by atoms with Crippen LogP contribution in [-0.4, -0.2) is 23.9 Å². The number of hydrogen-bond donors (Lipinski definition) is 2. The molecule has 2 aliphatic rings. The van der Waals surface area contributed by atoms with E-state index < -0.39 is 0 Å². The summed E-state index contributed by atoms with van der Waals surface area (Å²) in [4.78, 5) is 21.8. The lowest BCUT2D eigenvalue weighted by molar-refractivity contribution is -0.120. The summed E-state index contributed by atoms with van der Waals surface area (Å²) in [5.41, 5.74) is 0. The molecule has 2 saturated heterocycles. The van der Waals surface area contributed by atoms with Crippen LogP contribution >= 0.6 is 0 Å². The van der Waals surface area contributed by atoms with Crippen LogP contribution in [0.25, 0.3) is 0 Å². The Morgan fingerprint density at radius 1 is 0.929 bits per heavy atom. The quantitative estimate of drug-likeness (QED) is 0.683. The molecular formula is C10H16N2O2. The first kappa shape index (κ1) is 9.49. The minimum absolute atomic E-state index is 0.172. The molecule has 0 radical (unpaired) electrons. The molecule has 2 amide bonds. The Bertz CT molecular complexity index is 227. The highest BCUT2D eigenvalue weighted by Crippen LogP contribution is 2.17. The molecule has 0 bridgehead atoms. The van der Waals surface area contributed by atoms with Crippen molar-refractivity contribution >= 4 is 11.8 Å². The van der Waals surface area contributed by atoms with Crippen LogP contribution < -0.4 is 10.6 Å². The van der Waals surface area contributed by atoms with Crippen molar-refractivity contribution in [3.63, 3.8) is 0 Å². The van der Waals surface area contributed by atoms with Gasteiger partial charge < -0.3 is 10.6 Å². The number of nitrogens with one attached hydrogen (secondary N) is 2. The Morgan fingerprint density at radius 2 is 1.36 bits per heavy atom. The number of hydrogen-bond acceptors (Lipinski definition) is 2. The smallest absolute Gasteiger partial charge is 0.220 e. The highest BCUT2D eigenvalue weighted by atomic mass is 16.2. The van der Waals surface area contributed by atoms with E-state index in [-0.39, 0.29) is 11.8 Å². The van der Waals surface area contributed by atoms with Crippen molar-refractivity contribution in [3.05, 3.63) is 0 Å². The van der Waals surface area contributed by atoms with E-state index in [9.17, 15) is 9.59 Å². The van der Waals surface area contributed by atoms with Crippen molar-refractivity contribution in [2.75, 3.05) is 0 Å². The molecule has 4 nitrogen and oxygen atoms in total. The van der Waals surface area contributed by atoms with Gasteiger partial charge in [-0.15, -0.1) is 0 Å². The summed E-state index contributed by atoms with van der Waals surface area (Å²) in [7, 11) is 0. The zero-order chi connectivity index (χ0) is 9.97. The largest absolute Gasteiger partial charge is 0.353 e. The predicted octanol–water partition coefficient (Wildman–Crippen LogP) is 0.324. The summed E-state index contributed by atoms with van der Waals surface area (Å²) in [6.07, 6.45) is 5.25. The first-order valence-electron chi connectivity index (χ1n) is 5.33. The van der Waals surface area contributed by atoms with E-state index in [1.54, 1.807) is 0 Å². The Kier molecular flexibility index (Phi) is 2.70. The number of carbonyl (C=O) groups excluding carboxylic acids is 2. The van der Waals surface area contributed by atoms with E-state index in [4.69, 9.17) is 0 Å². The predicted molar refractivity (Wildman–Crippen MR) is 51.6 cm³/mol. The van der Waals surface area contributed by atoms with Crippen molar-refractivity contribution in [1.29, 1.82) is 0 Å². The lowest BCUT2D eigenvalue weighted by Gasteiger charge is -2.13. The summed E-state index contributed by atoms with van der Waals surface area (Å²) >= 11 is 0. The minimum atomic E-state index is 0.172. The molecule has 2 atom stereocenters. The highest BCUT2D eigenvalue weighted by Gasteiger charge is 2.24. The molecule has 2 rings (SSSR count). The zero-order valence-electron chi connectivity index (χ0n) is 8.21. The van der Waals surface area contributed by atoms with Crippen LogP contribution in [0.4, 0.5) is 0 Å². The standard InChI is InChI=1S/C10H16N2O2/c13-9-5-3-7(11-9)1-2-8-4-6-10(14)12-8/h7-8H,1-6H2,(H,11,13)(H,12,14). The molecule has 2 unspecified atom stereocenters. The lowest BCUT2D eigenvalue weighted by Crippen LogP contribution is -2.30. The van der Waals surface area contributed by atoms with Crippen molar-refractivity contribution < 1.29 is 9.59 Å². The normalized spacial score (nSPS) is 31.7. The number of rotatable bonds is 3. The molecule has 0 aromatic heterocycles. The maximum absolute atomic E-state index is 10.9. The van der Waals surface area contributed by atoms with Crippen molar-refractivity contribution in [1.82, 2.24) is 10.6 Å². The molecule has 0 aliphatic carbocycles. The SMILES string of the molecule is O=C1CCC(CCC2CCC(=O)N2)N1. The third kappa shape index (κ3) is 2.25. The minimum Gasteiger partial charge on any atom is -0.353 e. The second-order valence-electron chi connectivity index (χ2n) is 4.18. The van der Waals surface area contributed by atoms with E-state index in [1.807, 2.05) is 0 Å². The third-order valence-electron chi connectivity index (χ3n) is 3.03. The molecule has 0 aromatic carbocycles. The van der Waals surface area contributed by atoms with Crippen LogP contribution in [0.2, 0.25) is 0 Å². The lowest BCUT2D eigenvalue weighted by atomic mass is 10.0. The van der Waals surface area contributed by atoms with Gasteiger partial charge in [0.15, 0.2) is 0 Å². The van der Waals surface area contributed by atoms with Crippen LogP contribution in [0, 0.1) is 0 Å². The summed E-state index contributed by atoms with van der Waals surface area (Å²) in [6, 6.07) is 0.694. The Morgan fingerprint density at radius 3 is 1.64 bits per heavy atom. The van der Waals surface area contributed by atoms with Gasteiger partial charge in [0, 0.05) is 24.9 Å². The van der Waals surface area contributed by atoms with Gasteiger partial charge in [0.05, 0.1) is 0 Å². The molecule has 2 heterocycles. The van der Waals surface area contributed by atoms with E-state index in [1.165, 1.54) is 0 Å². The van der Waals surface area contributed by atoms with E-state index in [0.29, 0.717) is 24.9 Å². The van der Waals surface area contributed by atoms with Crippen molar-refractivity contribution in [3.8, 4) is 0 Å². The van der Waals surface area contributed by atoms with Gasteiger partial charge >= 0.3 is 0 Å². The Balaban J connectivity index is 1.67. The molecule has 2 N–H and O–H groups in total. The maximum Gasteiger partial charge on any atom is 0.220 e. The Labute approximate surface area is 83.4 Å². The topological polar surface area (TPSA) is 58.2 Å². The van der Waals surface area contributed by atoms with Gasteiger partial charge in [-0.3, -0.25) is 9.59 Å². The van der Waals surface area contributed by atoms with Gasteiger partial charge in [-0.25, -0.2) is 0 Å². The van der Waals surface area contributed by atoms with Gasteiger partial charge in [0.25, 0.3) is 0 Å². The molecule has 4 heteroatoms. The molecule has 0 saturated carbocycles. The highest BCUT2D eigenvalue weighted by molar-refractivity contribution is 5.78. The van der Waals surface area contributed by atoms with Crippen molar-refractivity contribution in [2.24, 2.45) is 0 Å². The number of carbonyl (C=O) groups is 2. The third-order valence-corrected chi connectivity index (χ3v) is 3.03. The monoisotopic (exact) mass is 196 g/mol. The van der Waals surface area contributed by atoms with Gasteiger partial charge in [-0.2, -0.15) is 0 Å². The number of amides is 2. The van der Waals surface area contributed by atoms with Crippen LogP contribution in [0.5, 0.6) is 0 Å². The van der Waals surface area contributed by atoms with Crippen molar-refractivity contribution in [2.45, 2.75) is 50.6 Å². The van der Waals surface area contributed by atoms with Crippen LogP contribution in [0.15, 0.2) is 0 Å². The first-order valence-corrected chi connectivity index (χ1v) is 5.33. The van der Waals surface area contributed by atoms with Gasteiger partial charge in [-0.1, -0.05) is 0 Å². The summed E-state index contributed by atoms with van der Waals surface area (Å²) in [5.74, 6) is 0.343. The molecule has 0 aromatic rings. The van der Waals surface area contributed by atoms with Gasteiger partial charge in [-0.05, 0) is 25.7 Å². The van der Waals surface area contributed by atoms with E-state index in [0.717, 1.165) is 25.7 Å². The average molecular weight is 196 g/mol. The average Bonchev–Trinajstić information content (AvgIpc) is 2.72. The van der Waals surface area contributed by atoms with Crippen LogP contribution in [0.1, 0.15) is 38.5 Å². The van der Waals surface area contributed by atoms with E-state index in [2.05, 4.69) is 10.6 Å². The molecule has 0 spiro atoms. The van der Waals surface area contributed by atoms with Gasteiger partial charge in [0.2, 0.25) is 11.8 Å². The fraction of sp³-hybridized carbons (Fsp3) is 0.800. The Hall–Kier alpha value is -1.06. The first-order chi connectivity index (χ1) is 6.74. The molecular weight excluding hydrogens is 180 g/mol. The molecule has 14 heavy (non-hydrogen) atoms. The second kappa shape index (κ2) is 3.98. The van der Waals surface area contributed by atoms with Crippen LogP contribution in [-0.2, 0) is 9.59 Å². The fourth-order valence-electron chi connectivity index (χ4n) is 2.19. The summed E-state index contributed by atoms with van der Waals surface area (Å²) < 4.78 is 0. The fourth-order valence-corrected chi connectivity index (χ4v) is 2.19. The second-order valence-corrected chi connectivity index (χ2v) is 4.18. The maximum atomic E-state index is 10.9. The molecule has 2 aliphatic heterocycles. The molecule has 2 fully saturated rings. The summed E-state index contributed by atoms with van der Waals surface area (Å²) in [6.45, 7) is 0. The van der Waals surface area contributed by atoms with Crippen LogP contribution in [0.3, 0.4) is 0 Å². The molecule has 78 valence electrons. The zero-order valence-corrected chi connectivity index (χ0v) is 8.21. The van der Waals surface area contributed by atoms with E-state index >= 15 is 0 Å². The van der Waals surface area contributed by atoms with Gasteiger partial charge in [0.1, 0.15) is 0 Å².